The fourth-order valence-electron chi connectivity index (χ4n) is 8.71. The van der Waals surface area contributed by atoms with Crippen LogP contribution in [0.4, 0.5) is 0 Å². The number of rotatable bonds is 4. The minimum atomic E-state index is -0.707. The van der Waals surface area contributed by atoms with Gasteiger partial charge in [0.1, 0.15) is 0 Å². The van der Waals surface area contributed by atoms with E-state index in [4.69, 9.17) is 5.11 Å². The largest absolute Gasteiger partial charge is 0.481 e. The van der Waals surface area contributed by atoms with Crippen molar-refractivity contribution in [2.45, 2.75) is 97.2 Å². The number of carboxylic acid groups (broad SMARTS) is 1. The molecule has 1 unspecified atom stereocenters. The smallest absolute Gasteiger partial charge is 0.303 e. The number of aliphatic hydroxyl groups is 2. The maximum atomic E-state index is 11.5. The van der Waals surface area contributed by atoms with Gasteiger partial charge in [-0.2, -0.15) is 0 Å². The molecule has 4 aliphatic carbocycles. The Balaban J connectivity index is 1.56. The SMILES string of the molecule is C[C@H](CCC(=O)O)[C@H]1CC[C@H]2[C@@H]3CCC4C[C@@H](O)CC[C@]4(C)[C@H]3C[C@H](O)[C@]12C. The molecule has 4 aliphatic rings. The van der Waals surface area contributed by atoms with E-state index in [1.807, 2.05) is 0 Å². The summed E-state index contributed by atoms with van der Waals surface area (Å²) in [4.78, 5) is 11.1. The molecule has 4 heteroatoms. The van der Waals surface area contributed by atoms with Crippen LogP contribution in [-0.4, -0.2) is 33.5 Å². The van der Waals surface area contributed by atoms with Crippen LogP contribution in [0.25, 0.3) is 0 Å². The van der Waals surface area contributed by atoms with E-state index in [-0.39, 0.29) is 29.5 Å². The summed E-state index contributed by atoms with van der Waals surface area (Å²) in [6, 6.07) is 0. The third-order valence-corrected chi connectivity index (χ3v) is 10.3. The zero-order valence-corrected chi connectivity index (χ0v) is 17.9. The van der Waals surface area contributed by atoms with E-state index in [0.717, 1.165) is 38.5 Å². The quantitative estimate of drug-likeness (QED) is 0.659. The van der Waals surface area contributed by atoms with Gasteiger partial charge in [0.2, 0.25) is 0 Å². The summed E-state index contributed by atoms with van der Waals surface area (Å²) in [6.07, 6.45) is 9.26. The van der Waals surface area contributed by atoms with Gasteiger partial charge in [0, 0.05) is 6.42 Å². The molecule has 4 rings (SSSR count). The molecule has 0 radical (unpaired) electrons. The van der Waals surface area contributed by atoms with Gasteiger partial charge in [-0.1, -0.05) is 20.8 Å². The number of aliphatic hydroxyl groups excluding tert-OH is 2. The van der Waals surface area contributed by atoms with Gasteiger partial charge in [0.25, 0.3) is 0 Å². The number of fused-ring (bicyclic) bond motifs is 5. The lowest BCUT2D eigenvalue weighted by Crippen LogP contribution is -2.58. The molecule has 0 aliphatic heterocycles. The molecule has 4 nitrogen and oxygen atoms in total. The highest BCUT2D eigenvalue weighted by atomic mass is 16.4. The first kappa shape index (κ1) is 20.7. The molecule has 0 amide bonds. The van der Waals surface area contributed by atoms with E-state index in [1.165, 1.54) is 19.3 Å². The predicted molar refractivity (Wildman–Crippen MR) is 109 cm³/mol. The molecule has 4 fully saturated rings. The Morgan fingerprint density at radius 1 is 1.04 bits per heavy atom. The standard InChI is InChI=1S/C24H40O4/c1-14(4-9-22(27)28)18-7-8-19-17-6-5-15-12-16(25)10-11-23(15,2)20(17)13-21(26)24(18,19)3/h14-21,25-26H,4-13H2,1-3H3,(H,27,28)/t14-,15?,16+,17+,18-,19+,20+,21+,23+,24-/m1/s1. The molecule has 0 bridgehead atoms. The molecule has 160 valence electrons. The molecule has 28 heavy (non-hydrogen) atoms. The lowest BCUT2D eigenvalue weighted by atomic mass is 9.43. The number of carbonyl (C=O) groups is 1. The average molecular weight is 393 g/mol. The van der Waals surface area contributed by atoms with Crippen molar-refractivity contribution in [2.24, 2.45) is 46.3 Å². The van der Waals surface area contributed by atoms with E-state index in [0.29, 0.717) is 35.5 Å². The number of aliphatic carboxylic acids is 1. The second-order valence-corrected chi connectivity index (χ2v) is 11.3. The van der Waals surface area contributed by atoms with Crippen LogP contribution >= 0.6 is 0 Å². The molecular formula is C24H40O4. The highest BCUT2D eigenvalue weighted by Gasteiger charge is 2.63. The maximum Gasteiger partial charge on any atom is 0.303 e. The third-order valence-electron chi connectivity index (χ3n) is 10.3. The van der Waals surface area contributed by atoms with Crippen molar-refractivity contribution in [3.63, 3.8) is 0 Å². The highest BCUT2D eigenvalue weighted by molar-refractivity contribution is 5.66. The molecule has 4 saturated carbocycles. The molecule has 0 aromatic heterocycles. The van der Waals surface area contributed by atoms with Crippen LogP contribution in [0.1, 0.15) is 85.0 Å². The van der Waals surface area contributed by atoms with Crippen LogP contribution in [0.5, 0.6) is 0 Å². The Morgan fingerprint density at radius 2 is 1.79 bits per heavy atom. The first-order chi connectivity index (χ1) is 13.2. The summed E-state index contributed by atoms with van der Waals surface area (Å²) >= 11 is 0. The Hall–Kier alpha value is -0.610. The van der Waals surface area contributed by atoms with E-state index in [1.54, 1.807) is 0 Å². The van der Waals surface area contributed by atoms with Crippen LogP contribution < -0.4 is 0 Å². The van der Waals surface area contributed by atoms with Gasteiger partial charge >= 0.3 is 5.97 Å². The summed E-state index contributed by atoms with van der Waals surface area (Å²) in [6.45, 7) is 6.99. The monoisotopic (exact) mass is 392 g/mol. The minimum Gasteiger partial charge on any atom is -0.481 e. The molecular weight excluding hydrogens is 352 g/mol. The van der Waals surface area contributed by atoms with Crippen molar-refractivity contribution in [3.05, 3.63) is 0 Å². The second-order valence-electron chi connectivity index (χ2n) is 11.3. The molecule has 0 heterocycles. The normalized spacial score (nSPS) is 51.7. The summed E-state index contributed by atoms with van der Waals surface area (Å²) in [7, 11) is 0. The second kappa shape index (κ2) is 7.27. The van der Waals surface area contributed by atoms with Crippen LogP contribution in [0, 0.1) is 46.3 Å². The van der Waals surface area contributed by atoms with Crippen LogP contribution in [-0.2, 0) is 4.79 Å². The Kier molecular flexibility index (Phi) is 5.36. The van der Waals surface area contributed by atoms with Crippen LogP contribution in [0.2, 0.25) is 0 Å². The highest BCUT2D eigenvalue weighted by Crippen LogP contribution is 2.68. The van der Waals surface area contributed by atoms with Gasteiger partial charge in [-0.3, -0.25) is 4.79 Å². The van der Waals surface area contributed by atoms with Gasteiger partial charge in [-0.25, -0.2) is 0 Å². The summed E-state index contributed by atoms with van der Waals surface area (Å²) in [5.41, 5.74) is 0.216. The van der Waals surface area contributed by atoms with Crippen molar-refractivity contribution in [1.82, 2.24) is 0 Å². The fraction of sp³-hybridized carbons (Fsp3) is 0.958. The average Bonchev–Trinajstić information content (AvgIpc) is 3.00. The Bertz CT molecular complexity index is 605. The predicted octanol–water partition coefficient (Wildman–Crippen LogP) is 4.48. The van der Waals surface area contributed by atoms with Crippen molar-refractivity contribution in [3.8, 4) is 0 Å². The number of hydrogen-bond acceptors (Lipinski definition) is 3. The third kappa shape index (κ3) is 3.05. The van der Waals surface area contributed by atoms with Gasteiger partial charge in [-0.05, 0) is 104 Å². The van der Waals surface area contributed by atoms with Gasteiger partial charge in [0.05, 0.1) is 12.2 Å². The Morgan fingerprint density at radius 3 is 2.50 bits per heavy atom. The van der Waals surface area contributed by atoms with E-state index in [9.17, 15) is 15.0 Å². The number of carboxylic acids is 1. The molecule has 0 aromatic rings. The van der Waals surface area contributed by atoms with Crippen molar-refractivity contribution >= 4 is 5.97 Å². The van der Waals surface area contributed by atoms with Gasteiger partial charge in [0.15, 0.2) is 0 Å². The zero-order valence-electron chi connectivity index (χ0n) is 17.9. The fourth-order valence-corrected chi connectivity index (χ4v) is 8.71. The molecule has 0 aromatic carbocycles. The summed E-state index contributed by atoms with van der Waals surface area (Å²) in [5.74, 6) is 2.55. The van der Waals surface area contributed by atoms with E-state index >= 15 is 0 Å². The number of hydrogen-bond donors (Lipinski definition) is 3. The topological polar surface area (TPSA) is 77.8 Å². The minimum absolute atomic E-state index is 0.0591. The van der Waals surface area contributed by atoms with Crippen LogP contribution in [0.15, 0.2) is 0 Å². The zero-order chi connectivity index (χ0) is 20.3. The lowest BCUT2D eigenvalue weighted by molar-refractivity contribution is -0.175. The van der Waals surface area contributed by atoms with Gasteiger partial charge < -0.3 is 15.3 Å². The Labute approximate surface area is 170 Å². The maximum absolute atomic E-state index is 11.5. The van der Waals surface area contributed by atoms with Gasteiger partial charge in [-0.15, -0.1) is 0 Å². The molecule has 0 spiro atoms. The summed E-state index contributed by atoms with van der Waals surface area (Å²) < 4.78 is 0. The first-order valence-corrected chi connectivity index (χ1v) is 11.8. The lowest BCUT2D eigenvalue weighted by Gasteiger charge is -2.62. The van der Waals surface area contributed by atoms with Crippen molar-refractivity contribution in [2.75, 3.05) is 0 Å². The molecule has 0 saturated heterocycles. The van der Waals surface area contributed by atoms with E-state index < -0.39 is 5.97 Å². The van der Waals surface area contributed by atoms with E-state index in [2.05, 4.69) is 20.8 Å². The van der Waals surface area contributed by atoms with Crippen molar-refractivity contribution < 1.29 is 20.1 Å². The van der Waals surface area contributed by atoms with Crippen LogP contribution in [0.3, 0.4) is 0 Å². The molecule has 10 atom stereocenters. The molecule has 3 N–H and O–H groups in total. The van der Waals surface area contributed by atoms with Crippen molar-refractivity contribution in [1.29, 1.82) is 0 Å². The summed E-state index contributed by atoms with van der Waals surface area (Å²) in [5, 5.41) is 30.8. The first-order valence-electron chi connectivity index (χ1n) is 11.8.